The van der Waals surface area contributed by atoms with Gasteiger partial charge in [-0.2, -0.15) is 13.2 Å². The summed E-state index contributed by atoms with van der Waals surface area (Å²) in [6.07, 6.45) is 0.918. The summed E-state index contributed by atoms with van der Waals surface area (Å²) < 4.78 is 36.5. The molecule has 0 unspecified atom stereocenters. The van der Waals surface area contributed by atoms with E-state index in [1.54, 1.807) is 0 Å². The highest BCUT2D eigenvalue weighted by molar-refractivity contribution is 9.10. The first-order valence-corrected chi connectivity index (χ1v) is 6.58. The van der Waals surface area contributed by atoms with Crippen LogP contribution in [0.3, 0.4) is 0 Å². The van der Waals surface area contributed by atoms with Crippen LogP contribution in [-0.4, -0.2) is 23.0 Å². The Morgan fingerprint density at radius 3 is 2.00 bits per heavy atom. The van der Waals surface area contributed by atoms with E-state index in [-0.39, 0.29) is 16.3 Å². The fourth-order valence-electron chi connectivity index (χ4n) is 2.85. The van der Waals surface area contributed by atoms with E-state index in [0.717, 1.165) is 38.5 Å². The zero-order valence-electron chi connectivity index (χ0n) is 9.37. The lowest BCUT2D eigenvalue weighted by molar-refractivity contribution is -0.174. The highest BCUT2D eigenvalue weighted by Crippen LogP contribution is 2.55. The van der Waals surface area contributed by atoms with Crippen molar-refractivity contribution in [3.63, 3.8) is 0 Å². The van der Waals surface area contributed by atoms with Crippen LogP contribution in [0.1, 0.15) is 38.5 Å². The average molecular weight is 314 g/mol. The third kappa shape index (κ3) is 2.77. The minimum absolute atomic E-state index is 0.101. The number of hydrogen-bond donors (Lipinski definition) is 1. The number of rotatable bonds is 2. The van der Waals surface area contributed by atoms with Gasteiger partial charge in [0.05, 0.1) is 0 Å². The van der Waals surface area contributed by atoms with E-state index < -0.39 is 12.1 Å². The molecule has 0 radical (unpaired) electrons. The van der Waals surface area contributed by atoms with Crippen molar-refractivity contribution in [1.29, 1.82) is 0 Å². The molecule has 6 heteroatoms. The van der Waals surface area contributed by atoms with Gasteiger partial charge in [-0.05, 0) is 43.9 Å². The third-order valence-electron chi connectivity index (χ3n) is 4.19. The van der Waals surface area contributed by atoms with E-state index in [4.69, 9.17) is 0 Å². The average Bonchev–Trinajstić information content (AvgIpc) is 2.27. The zero-order valence-corrected chi connectivity index (χ0v) is 11.0. The number of hydrogen-bond acceptors (Lipinski definition) is 1. The van der Waals surface area contributed by atoms with Crippen LogP contribution in [0.15, 0.2) is 0 Å². The Balaban J connectivity index is 1.90. The molecule has 98 valence electrons. The van der Waals surface area contributed by atoms with Gasteiger partial charge in [-0.3, -0.25) is 4.79 Å². The molecule has 0 spiro atoms. The second kappa shape index (κ2) is 4.14. The maximum Gasteiger partial charge on any atom is 0.471 e. The summed E-state index contributed by atoms with van der Waals surface area (Å²) in [5.74, 6) is -1.81. The molecule has 0 atom stereocenters. The van der Waals surface area contributed by atoms with Crippen molar-refractivity contribution in [1.82, 2.24) is 5.32 Å². The van der Waals surface area contributed by atoms with Crippen LogP contribution in [0.2, 0.25) is 0 Å². The standard InChI is InChI=1S/C11H15BrF3NO/c12-10-4-1-9(2-5-10,3-6-10)7-16-8(17)11(13,14)15/h1-7H2,(H,16,17). The quantitative estimate of drug-likeness (QED) is 0.780. The van der Waals surface area contributed by atoms with Crippen molar-refractivity contribution < 1.29 is 18.0 Å². The molecule has 0 saturated heterocycles. The maximum absolute atomic E-state index is 12.1. The van der Waals surface area contributed by atoms with Gasteiger partial charge < -0.3 is 5.32 Å². The molecular weight excluding hydrogens is 299 g/mol. The lowest BCUT2D eigenvalue weighted by Gasteiger charge is -2.51. The molecule has 1 N–H and O–H groups in total. The van der Waals surface area contributed by atoms with E-state index >= 15 is 0 Å². The Kier molecular flexibility index (Phi) is 3.21. The first kappa shape index (κ1) is 13.2. The summed E-state index contributed by atoms with van der Waals surface area (Å²) in [6, 6.07) is 0. The first-order valence-electron chi connectivity index (χ1n) is 5.79. The van der Waals surface area contributed by atoms with E-state index in [0.29, 0.717) is 0 Å². The molecular formula is C11H15BrF3NO. The summed E-state index contributed by atoms with van der Waals surface area (Å²) in [6.45, 7) is 0.161. The van der Waals surface area contributed by atoms with E-state index in [1.807, 2.05) is 5.32 Å². The topological polar surface area (TPSA) is 29.1 Å². The van der Waals surface area contributed by atoms with Gasteiger partial charge in [0, 0.05) is 10.9 Å². The number of carbonyl (C=O) groups excluding carboxylic acids is 1. The second-order valence-corrected chi connectivity index (χ2v) is 7.01. The molecule has 3 aliphatic carbocycles. The number of nitrogens with one attached hydrogen (secondary N) is 1. The number of alkyl halides is 4. The third-order valence-corrected chi connectivity index (χ3v) is 5.38. The normalized spacial score (nSPS) is 36.9. The van der Waals surface area contributed by atoms with Gasteiger partial charge in [0.1, 0.15) is 0 Å². The van der Waals surface area contributed by atoms with Crippen LogP contribution in [-0.2, 0) is 4.79 Å². The van der Waals surface area contributed by atoms with Gasteiger partial charge >= 0.3 is 12.1 Å². The monoisotopic (exact) mass is 313 g/mol. The van der Waals surface area contributed by atoms with Crippen LogP contribution < -0.4 is 5.32 Å². The highest BCUT2D eigenvalue weighted by atomic mass is 79.9. The maximum atomic E-state index is 12.1. The Hall–Kier alpha value is -0.260. The molecule has 2 nitrogen and oxygen atoms in total. The molecule has 0 heterocycles. The molecule has 0 aromatic carbocycles. The predicted molar refractivity (Wildman–Crippen MR) is 60.9 cm³/mol. The molecule has 3 saturated carbocycles. The van der Waals surface area contributed by atoms with Crippen molar-refractivity contribution in [2.45, 2.75) is 49.0 Å². The molecule has 0 aromatic heterocycles. The Morgan fingerprint density at radius 1 is 1.12 bits per heavy atom. The van der Waals surface area contributed by atoms with Gasteiger partial charge in [0.25, 0.3) is 0 Å². The van der Waals surface area contributed by atoms with Gasteiger partial charge in [-0.15, -0.1) is 0 Å². The molecule has 1 amide bonds. The summed E-state index contributed by atoms with van der Waals surface area (Å²) in [4.78, 5) is 10.8. The van der Waals surface area contributed by atoms with Gasteiger partial charge in [0.2, 0.25) is 0 Å². The Labute approximate surface area is 106 Å². The second-order valence-electron chi connectivity index (χ2n) is 5.33. The molecule has 3 fully saturated rings. The van der Waals surface area contributed by atoms with Crippen LogP contribution in [0.4, 0.5) is 13.2 Å². The number of fused-ring (bicyclic) bond motifs is 3. The van der Waals surface area contributed by atoms with Crippen LogP contribution in [0.5, 0.6) is 0 Å². The molecule has 17 heavy (non-hydrogen) atoms. The van der Waals surface area contributed by atoms with Gasteiger partial charge in [0.15, 0.2) is 0 Å². The Bertz CT molecular complexity index is 305. The molecule has 3 rings (SSSR count). The summed E-state index contributed by atoms with van der Waals surface area (Å²) in [5, 5.41) is 2.04. The fourth-order valence-corrected chi connectivity index (χ4v) is 3.45. The minimum Gasteiger partial charge on any atom is -0.348 e. The van der Waals surface area contributed by atoms with Crippen molar-refractivity contribution in [3.8, 4) is 0 Å². The van der Waals surface area contributed by atoms with Crippen molar-refractivity contribution in [3.05, 3.63) is 0 Å². The van der Waals surface area contributed by atoms with Gasteiger partial charge in [-0.1, -0.05) is 15.9 Å². The van der Waals surface area contributed by atoms with E-state index in [2.05, 4.69) is 15.9 Å². The molecule has 0 aliphatic heterocycles. The Morgan fingerprint density at radius 2 is 1.59 bits per heavy atom. The van der Waals surface area contributed by atoms with Crippen LogP contribution in [0.25, 0.3) is 0 Å². The lowest BCUT2D eigenvalue weighted by atomic mass is 9.60. The molecule has 0 aromatic rings. The zero-order chi connectivity index (χ0) is 12.7. The van der Waals surface area contributed by atoms with Crippen LogP contribution >= 0.6 is 15.9 Å². The van der Waals surface area contributed by atoms with Crippen LogP contribution in [0, 0.1) is 5.41 Å². The van der Waals surface area contributed by atoms with E-state index in [9.17, 15) is 18.0 Å². The number of carbonyl (C=O) groups is 1. The summed E-state index contributed by atoms with van der Waals surface area (Å²) in [5.41, 5.74) is -0.101. The number of amides is 1. The smallest absolute Gasteiger partial charge is 0.348 e. The largest absolute Gasteiger partial charge is 0.471 e. The highest BCUT2D eigenvalue weighted by Gasteiger charge is 2.48. The first-order chi connectivity index (χ1) is 7.75. The van der Waals surface area contributed by atoms with E-state index in [1.165, 1.54) is 0 Å². The SMILES string of the molecule is O=C(NCC12CCC(Br)(CC1)CC2)C(F)(F)F. The lowest BCUT2D eigenvalue weighted by Crippen LogP contribution is -2.50. The summed E-state index contributed by atoms with van der Waals surface area (Å²) in [7, 11) is 0. The number of halogens is 4. The summed E-state index contributed by atoms with van der Waals surface area (Å²) >= 11 is 3.70. The fraction of sp³-hybridized carbons (Fsp3) is 0.909. The van der Waals surface area contributed by atoms with Crippen molar-refractivity contribution >= 4 is 21.8 Å². The van der Waals surface area contributed by atoms with Gasteiger partial charge in [-0.25, -0.2) is 0 Å². The minimum atomic E-state index is -4.76. The predicted octanol–water partition coefficient (Wildman–Crippen LogP) is 3.15. The van der Waals surface area contributed by atoms with Crippen molar-refractivity contribution in [2.24, 2.45) is 5.41 Å². The molecule has 3 aliphatic rings. The van der Waals surface area contributed by atoms with Crippen molar-refractivity contribution in [2.75, 3.05) is 6.54 Å². The molecule has 2 bridgehead atoms.